The topological polar surface area (TPSA) is 66.5 Å². The lowest BCUT2D eigenvalue weighted by molar-refractivity contribution is -0.139. The molecule has 3 amide bonds. The van der Waals surface area contributed by atoms with Crippen LogP contribution in [0.15, 0.2) is 12.2 Å². The summed E-state index contributed by atoms with van der Waals surface area (Å²) < 4.78 is 0. The Kier molecular flexibility index (Phi) is 4.69. The lowest BCUT2D eigenvalue weighted by Crippen LogP contribution is -2.38. The van der Waals surface area contributed by atoms with Crippen LogP contribution in [0.1, 0.15) is 25.7 Å². The first kappa shape index (κ1) is 12.4. The van der Waals surface area contributed by atoms with E-state index in [0.29, 0.717) is 6.41 Å². The van der Waals surface area contributed by atoms with Crippen molar-refractivity contribution in [3.63, 3.8) is 0 Å². The number of nitrogens with one attached hydrogen (secondary N) is 1. The van der Waals surface area contributed by atoms with Crippen LogP contribution in [0.4, 0.5) is 0 Å². The highest BCUT2D eigenvalue weighted by molar-refractivity contribution is 6.13. The quantitative estimate of drug-likeness (QED) is 0.539. The number of carbonyl (C=O) groups excluding carboxylic acids is 3. The van der Waals surface area contributed by atoms with Crippen molar-refractivity contribution in [3.8, 4) is 0 Å². The molecule has 16 heavy (non-hydrogen) atoms. The third-order valence-corrected chi connectivity index (χ3v) is 2.65. The van der Waals surface area contributed by atoms with E-state index in [9.17, 15) is 9.59 Å². The third-order valence-electron chi connectivity index (χ3n) is 2.65. The summed E-state index contributed by atoms with van der Waals surface area (Å²) >= 11 is 0. The summed E-state index contributed by atoms with van der Waals surface area (Å²) in [6.07, 6.45) is 7.60. The van der Waals surface area contributed by atoms with Crippen LogP contribution in [-0.2, 0) is 14.4 Å². The van der Waals surface area contributed by atoms with Gasteiger partial charge in [-0.2, -0.15) is 0 Å². The van der Waals surface area contributed by atoms with Gasteiger partial charge in [0.15, 0.2) is 0 Å². The van der Waals surface area contributed by atoms with E-state index >= 15 is 0 Å². The van der Waals surface area contributed by atoms with Gasteiger partial charge in [0.1, 0.15) is 0 Å². The molecule has 0 atom stereocenters. The second-order valence-corrected chi connectivity index (χ2v) is 3.72. The number of rotatable bonds is 2. The number of carbonyl (C=O) groups is 3. The van der Waals surface area contributed by atoms with Crippen LogP contribution in [0.3, 0.4) is 0 Å². The Hall–Kier alpha value is -1.65. The third kappa shape index (κ3) is 2.92. The van der Waals surface area contributed by atoms with Crippen molar-refractivity contribution in [3.05, 3.63) is 12.2 Å². The zero-order valence-electron chi connectivity index (χ0n) is 9.31. The molecule has 1 heterocycles. The van der Waals surface area contributed by atoms with Crippen LogP contribution < -0.4 is 5.32 Å². The van der Waals surface area contributed by atoms with Gasteiger partial charge in [-0.25, -0.2) is 0 Å². The summed E-state index contributed by atoms with van der Waals surface area (Å²) in [6.45, 7) is 0. The van der Waals surface area contributed by atoms with E-state index < -0.39 is 0 Å². The SMILES string of the molecule is CNC=O.O=C1C=CC(=O)N1C1CCCC1. The lowest BCUT2D eigenvalue weighted by atomic mass is 10.2. The summed E-state index contributed by atoms with van der Waals surface area (Å²) in [5.41, 5.74) is 0. The molecule has 1 aliphatic heterocycles. The van der Waals surface area contributed by atoms with Gasteiger partial charge in [0.05, 0.1) is 0 Å². The average molecular weight is 224 g/mol. The van der Waals surface area contributed by atoms with Crippen molar-refractivity contribution in [2.45, 2.75) is 31.7 Å². The Morgan fingerprint density at radius 3 is 2.06 bits per heavy atom. The average Bonchev–Trinajstić information content (AvgIpc) is 2.89. The van der Waals surface area contributed by atoms with Gasteiger partial charge in [-0.05, 0) is 12.8 Å². The highest BCUT2D eigenvalue weighted by Gasteiger charge is 2.32. The minimum atomic E-state index is -0.132. The van der Waals surface area contributed by atoms with Crippen LogP contribution in [0.2, 0.25) is 0 Å². The molecule has 0 bridgehead atoms. The van der Waals surface area contributed by atoms with Gasteiger partial charge in [-0.3, -0.25) is 19.3 Å². The van der Waals surface area contributed by atoms with E-state index in [1.807, 2.05) is 0 Å². The van der Waals surface area contributed by atoms with Gasteiger partial charge in [-0.15, -0.1) is 0 Å². The Bertz CT molecular complexity index is 288. The zero-order chi connectivity index (χ0) is 12.0. The molecule has 0 aromatic carbocycles. The van der Waals surface area contributed by atoms with Crippen LogP contribution in [-0.4, -0.2) is 36.2 Å². The van der Waals surface area contributed by atoms with Crippen LogP contribution in [0, 0.1) is 0 Å². The molecule has 88 valence electrons. The van der Waals surface area contributed by atoms with Crippen molar-refractivity contribution in [1.29, 1.82) is 0 Å². The lowest BCUT2D eigenvalue weighted by Gasteiger charge is -2.20. The molecule has 1 saturated carbocycles. The standard InChI is InChI=1S/C9H11NO2.C2H5NO/c11-8-5-6-9(12)10(8)7-3-1-2-4-7;1-3-2-4/h5-7H,1-4H2;2H,1H3,(H,3,4). The molecule has 1 fully saturated rings. The fourth-order valence-corrected chi connectivity index (χ4v) is 1.93. The van der Waals surface area contributed by atoms with Crippen molar-refractivity contribution < 1.29 is 14.4 Å². The molecule has 1 N–H and O–H groups in total. The van der Waals surface area contributed by atoms with E-state index in [1.54, 1.807) is 7.05 Å². The van der Waals surface area contributed by atoms with E-state index in [1.165, 1.54) is 17.1 Å². The minimum absolute atomic E-state index is 0.132. The highest BCUT2D eigenvalue weighted by atomic mass is 16.2. The minimum Gasteiger partial charge on any atom is -0.362 e. The highest BCUT2D eigenvalue weighted by Crippen LogP contribution is 2.25. The largest absolute Gasteiger partial charge is 0.362 e. The number of hydrogen-bond acceptors (Lipinski definition) is 3. The Balaban J connectivity index is 0.000000280. The summed E-state index contributed by atoms with van der Waals surface area (Å²) in [5.74, 6) is -0.265. The second kappa shape index (κ2) is 6.05. The molecular weight excluding hydrogens is 208 g/mol. The van der Waals surface area contributed by atoms with Gasteiger partial charge in [0.2, 0.25) is 6.41 Å². The van der Waals surface area contributed by atoms with Crippen molar-refractivity contribution in [2.75, 3.05) is 7.05 Å². The van der Waals surface area contributed by atoms with Gasteiger partial charge in [0.25, 0.3) is 11.8 Å². The fraction of sp³-hybridized carbons (Fsp3) is 0.545. The van der Waals surface area contributed by atoms with Crippen molar-refractivity contribution in [2.24, 2.45) is 0 Å². The molecule has 5 heteroatoms. The van der Waals surface area contributed by atoms with Gasteiger partial charge in [0, 0.05) is 25.2 Å². The summed E-state index contributed by atoms with van der Waals surface area (Å²) in [4.78, 5) is 32.8. The Labute approximate surface area is 94.5 Å². The Morgan fingerprint density at radius 2 is 1.69 bits per heavy atom. The monoisotopic (exact) mass is 224 g/mol. The second-order valence-electron chi connectivity index (χ2n) is 3.72. The molecule has 0 radical (unpaired) electrons. The van der Waals surface area contributed by atoms with E-state index in [2.05, 4.69) is 5.32 Å². The Morgan fingerprint density at radius 1 is 1.25 bits per heavy atom. The zero-order valence-corrected chi connectivity index (χ0v) is 9.31. The van der Waals surface area contributed by atoms with Gasteiger partial charge >= 0.3 is 0 Å². The van der Waals surface area contributed by atoms with Crippen LogP contribution >= 0.6 is 0 Å². The predicted molar refractivity (Wildman–Crippen MR) is 58.4 cm³/mol. The van der Waals surface area contributed by atoms with Crippen molar-refractivity contribution in [1.82, 2.24) is 10.2 Å². The van der Waals surface area contributed by atoms with Crippen LogP contribution in [0.25, 0.3) is 0 Å². The maximum atomic E-state index is 11.2. The smallest absolute Gasteiger partial charge is 0.253 e. The number of amides is 3. The first-order chi connectivity index (χ1) is 7.70. The number of hydrogen-bond donors (Lipinski definition) is 1. The summed E-state index contributed by atoms with van der Waals surface area (Å²) in [6, 6.07) is 0.181. The molecule has 0 saturated heterocycles. The molecular formula is C11H16N2O3. The van der Waals surface area contributed by atoms with E-state index in [0.717, 1.165) is 25.7 Å². The fourth-order valence-electron chi connectivity index (χ4n) is 1.93. The normalized spacial score (nSPS) is 19.7. The van der Waals surface area contributed by atoms with Gasteiger partial charge in [-0.1, -0.05) is 12.8 Å². The summed E-state index contributed by atoms with van der Waals surface area (Å²) in [5, 5.41) is 2.25. The van der Waals surface area contributed by atoms with E-state index in [-0.39, 0.29) is 17.9 Å². The van der Waals surface area contributed by atoms with E-state index in [4.69, 9.17) is 4.79 Å². The molecule has 2 aliphatic rings. The number of imide groups is 1. The molecule has 0 aromatic rings. The maximum Gasteiger partial charge on any atom is 0.253 e. The molecule has 1 aliphatic carbocycles. The van der Waals surface area contributed by atoms with Gasteiger partial charge < -0.3 is 5.32 Å². The molecule has 0 unspecified atom stereocenters. The number of nitrogens with zero attached hydrogens (tertiary/aromatic N) is 1. The first-order valence-electron chi connectivity index (χ1n) is 5.37. The van der Waals surface area contributed by atoms with Crippen LogP contribution in [0.5, 0.6) is 0 Å². The maximum absolute atomic E-state index is 11.2. The summed E-state index contributed by atoms with van der Waals surface area (Å²) in [7, 11) is 1.56. The van der Waals surface area contributed by atoms with Crippen molar-refractivity contribution >= 4 is 18.2 Å². The molecule has 2 rings (SSSR count). The first-order valence-corrected chi connectivity index (χ1v) is 5.37. The molecule has 0 aromatic heterocycles. The molecule has 0 spiro atoms. The predicted octanol–water partition coefficient (Wildman–Crippen LogP) is 0.216. The molecule has 5 nitrogen and oxygen atoms in total.